The molecular formula is C5H12OS9. The molecule has 0 N–H and O–H groups in total. The van der Waals surface area contributed by atoms with Crippen molar-refractivity contribution in [3.63, 3.8) is 0 Å². The van der Waals surface area contributed by atoms with Crippen LogP contribution in [0.4, 0.5) is 0 Å². The molecule has 15 heavy (non-hydrogen) atoms. The molecule has 0 bridgehead atoms. The van der Waals surface area contributed by atoms with Crippen molar-refractivity contribution in [2.24, 2.45) is 0 Å². The molecule has 0 aromatic carbocycles. The van der Waals surface area contributed by atoms with E-state index >= 15 is 0 Å². The summed E-state index contributed by atoms with van der Waals surface area (Å²) in [4.78, 5) is 0. The molecule has 0 rings (SSSR count). The molecule has 0 radical (unpaired) electrons. The van der Waals surface area contributed by atoms with Crippen LogP contribution in [0.2, 0.25) is 0 Å². The van der Waals surface area contributed by atoms with E-state index in [1.165, 1.54) is 0 Å². The summed E-state index contributed by atoms with van der Waals surface area (Å²) in [5.74, 6) is 0. The highest BCUT2D eigenvalue weighted by Gasteiger charge is 2.60. The van der Waals surface area contributed by atoms with Crippen LogP contribution < -0.4 is 0 Å². The van der Waals surface area contributed by atoms with Crippen molar-refractivity contribution in [1.29, 1.82) is 0 Å². The summed E-state index contributed by atoms with van der Waals surface area (Å²) < 4.78 is 0.148. The molecule has 0 aliphatic rings. The lowest BCUT2D eigenvalue weighted by atomic mass is 10.1. The number of hydrogen-bond donors (Lipinski definition) is 9. The third-order valence-corrected chi connectivity index (χ3v) is 8.45. The summed E-state index contributed by atoms with van der Waals surface area (Å²) in [6.07, 6.45) is 0. The maximum atomic E-state index is 4.80. The van der Waals surface area contributed by atoms with Crippen molar-refractivity contribution in [2.75, 3.05) is 0 Å². The molecule has 10 heteroatoms. The first-order valence-corrected chi connectivity index (χ1v) is 7.37. The predicted octanol–water partition coefficient (Wildman–Crippen LogP) is 3.05. The molecule has 1 nitrogen and oxygen atoms in total. The zero-order valence-corrected chi connectivity index (χ0v) is 15.5. The molecule has 0 heterocycles. The number of thiol groups is 9. The molecule has 0 fully saturated rings. The summed E-state index contributed by atoms with van der Waals surface area (Å²) in [7, 11) is 0. The highest BCUT2D eigenvalue weighted by molar-refractivity contribution is 8.18. The summed E-state index contributed by atoms with van der Waals surface area (Å²) in [6.45, 7) is 1.69. The molecule has 0 aromatic rings. The van der Waals surface area contributed by atoms with Gasteiger partial charge in [0.25, 0.3) is 0 Å². The molecule has 0 amide bonds. The third kappa shape index (κ3) is 3.56. The minimum absolute atomic E-state index is 0.992. The highest BCUT2D eigenvalue weighted by Crippen LogP contribution is 2.59. The van der Waals surface area contributed by atoms with Gasteiger partial charge in [-0.1, -0.05) is 0 Å². The second-order valence-corrected chi connectivity index (χ2v) is 10.5. The zero-order valence-electron chi connectivity index (χ0n) is 7.43. The van der Waals surface area contributed by atoms with Crippen molar-refractivity contribution < 1.29 is 4.18 Å². The van der Waals surface area contributed by atoms with Gasteiger partial charge in [0.1, 0.15) is 7.49 Å². The molecule has 0 saturated heterocycles. The van der Waals surface area contributed by atoms with E-state index in [1.807, 2.05) is 0 Å². The zero-order chi connectivity index (χ0) is 12.7. The first-order valence-electron chi connectivity index (χ1n) is 3.43. The normalized spacial score (nSPS) is 18.8. The van der Waals surface area contributed by atoms with Gasteiger partial charge in [0.15, 0.2) is 4.27 Å². The minimum Gasteiger partial charge on any atom is -0.288 e. The van der Waals surface area contributed by atoms with Crippen LogP contribution in [0.3, 0.4) is 0 Å². The summed E-state index contributed by atoms with van der Waals surface area (Å²) >= 11 is 37.7. The van der Waals surface area contributed by atoms with Gasteiger partial charge < -0.3 is 0 Å². The van der Waals surface area contributed by atoms with Gasteiger partial charge in [0.2, 0.25) is 0 Å². The van der Waals surface area contributed by atoms with Crippen molar-refractivity contribution in [2.45, 2.75) is 23.4 Å². The van der Waals surface area contributed by atoms with Crippen LogP contribution >= 0.6 is 114 Å². The van der Waals surface area contributed by atoms with Gasteiger partial charge in [-0.25, -0.2) is 0 Å². The maximum Gasteiger partial charge on any atom is 0.192 e. The fourth-order valence-electron chi connectivity index (χ4n) is 0.615. The van der Waals surface area contributed by atoms with Gasteiger partial charge in [-0.2, -0.15) is 37.9 Å². The average molecular weight is 377 g/mol. The SMILES string of the molecule is CC(S)(C(S)(S)S)C(S)(S)C(S)(S)OS. The standard InChI is InChI=1S/C5H12OS9/c1-2(7,5(12,13)14)3(8,9)4(10,11)6-15/h7-15H,1H3. The van der Waals surface area contributed by atoms with E-state index in [9.17, 15) is 0 Å². The minimum atomic E-state index is -1.36. The Morgan fingerprint density at radius 3 is 1.33 bits per heavy atom. The Balaban J connectivity index is 5.38. The number of hydrogen-bond acceptors (Lipinski definition) is 10. The Hall–Kier alpha value is 3.11. The molecule has 0 saturated carbocycles. The van der Waals surface area contributed by atoms with Gasteiger partial charge in [-0.15, -0.1) is 63.1 Å². The first-order chi connectivity index (χ1) is 6.31. The largest absolute Gasteiger partial charge is 0.288 e. The lowest BCUT2D eigenvalue weighted by Crippen LogP contribution is -2.58. The van der Waals surface area contributed by atoms with Crippen molar-refractivity contribution in [1.82, 2.24) is 0 Å². The van der Waals surface area contributed by atoms with E-state index in [0.717, 1.165) is 0 Å². The highest BCUT2D eigenvalue weighted by atomic mass is 32.2. The molecule has 0 aliphatic heterocycles. The van der Waals surface area contributed by atoms with Gasteiger partial charge >= 0.3 is 0 Å². The van der Waals surface area contributed by atoms with E-state index in [4.69, 9.17) is 4.18 Å². The topological polar surface area (TPSA) is 9.23 Å². The molecule has 0 aromatic heterocycles. The van der Waals surface area contributed by atoms with Crippen molar-refractivity contribution >= 4 is 114 Å². The Kier molecular flexibility index (Phi) is 6.78. The Bertz CT molecular complexity index is 229. The fraction of sp³-hybridized carbons (Fsp3) is 1.00. The quantitative estimate of drug-likeness (QED) is 0.208. The second-order valence-electron chi connectivity index (χ2n) is 3.08. The van der Waals surface area contributed by atoms with Crippen LogP contribution in [0.5, 0.6) is 0 Å². The molecule has 0 spiro atoms. The van der Waals surface area contributed by atoms with Gasteiger partial charge in [0.05, 0.1) is 4.75 Å². The van der Waals surface area contributed by atoms with Crippen molar-refractivity contribution in [3.05, 3.63) is 0 Å². The molecule has 0 aliphatic carbocycles. The maximum absolute atomic E-state index is 4.80. The lowest BCUT2D eigenvalue weighted by molar-refractivity contribution is 0.279. The number of rotatable bonds is 4. The van der Waals surface area contributed by atoms with Gasteiger partial charge in [0, 0.05) is 0 Å². The van der Waals surface area contributed by atoms with Crippen LogP contribution in [0.1, 0.15) is 6.92 Å². The third-order valence-electron chi connectivity index (χ3n) is 1.91. The Morgan fingerprint density at radius 1 is 0.800 bits per heavy atom. The van der Waals surface area contributed by atoms with Gasteiger partial charge in [-0.3, -0.25) is 4.18 Å². The molecule has 1 atom stereocenters. The summed E-state index contributed by atoms with van der Waals surface area (Å²) in [5.41, 5.74) is 0. The van der Waals surface area contributed by atoms with Crippen molar-refractivity contribution in [3.8, 4) is 0 Å². The molecular weight excluding hydrogens is 365 g/mol. The van der Waals surface area contributed by atoms with Crippen LogP contribution in [0, 0.1) is 0 Å². The monoisotopic (exact) mass is 376 g/mol. The van der Waals surface area contributed by atoms with Gasteiger partial charge in [-0.05, 0) is 19.8 Å². The van der Waals surface area contributed by atoms with E-state index < -0.39 is 16.5 Å². The first kappa shape index (κ1) is 18.1. The summed E-state index contributed by atoms with van der Waals surface area (Å²) in [5, 5.41) is 0. The Labute approximate surface area is 140 Å². The van der Waals surface area contributed by atoms with E-state index in [0.29, 0.717) is 0 Å². The van der Waals surface area contributed by atoms with Crippen LogP contribution in [-0.4, -0.2) is 16.5 Å². The van der Waals surface area contributed by atoms with E-state index in [2.05, 4.69) is 114 Å². The summed E-state index contributed by atoms with van der Waals surface area (Å²) in [6, 6.07) is 0. The van der Waals surface area contributed by atoms with E-state index in [-0.39, 0.29) is 0 Å². The predicted molar refractivity (Wildman–Crippen MR) is 98.6 cm³/mol. The van der Waals surface area contributed by atoms with Crippen LogP contribution in [-0.2, 0) is 4.18 Å². The molecule has 1 unspecified atom stereocenters. The average Bonchev–Trinajstić information content (AvgIpc) is 2.01. The smallest absolute Gasteiger partial charge is 0.192 e. The fourth-order valence-corrected chi connectivity index (χ4v) is 3.14. The van der Waals surface area contributed by atoms with E-state index in [1.54, 1.807) is 6.92 Å². The second kappa shape index (κ2) is 5.62. The van der Waals surface area contributed by atoms with Crippen LogP contribution in [0.25, 0.3) is 0 Å². The van der Waals surface area contributed by atoms with Crippen LogP contribution in [0.15, 0.2) is 0 Å². The Morgan fingerprint density at radius 2 is 1.13 bits per heavy atom. The molecule has 92 valence electrons. The lowest BCUT2D eigenvalue weighted by Gasteiger charge is -2.50.